The number of aliphatic hydroxyl groups excluding tert-OH is 1. The number of rotatable bonds is 2. The van der Waals surface area contributed by atoms with Gasteiger partial charge in [0.25, 0.3) is 0 Å². The molecule has 1 aromatic rings. The Morgan fingerprint density at radius 2 is 2.12 bits per heavy atom. The average Bonchev–Trinajstić information content (AvgIpc) is 2.29. The lowest BCUT2D eigenvalue weighted by atomic mass is 10.1. The molecule has 1 aliphatic heterocycles. The van der Waals surface area contributed by atoms with Crippen LogP contribution in [0.3, 0.4) is 0 Å². The highest BCUT2D eigenvalue weighted by Gasteiger charge is 2.19. The number of hydrogen-bond acceptors (Lipinski definition) is 5. The van der Waals surface area contributed by atoms with E-state index >= 15 is 0 Å². The van der Waals surface area contributed by atoms with Crippen molar-refractivity contribution < 1.29 is 5.11 Å². The molecule has 0 atom stereocenters. The Labute approximate surface area is 95.3 Å². The van der Waals surface area contributed by atoms with Gasteiger partial charge < -0.3 is 15.7 Å². The number of piperidine rings is 1. The lowest BCUT2D eigenvalue weighted by molar-refractivity contribution is 0.145. The molecule has 16 heavy (non-hydrogen) atoms. The van der Waals surface area contributed by atoms with Crippen molar-refractivity contribution >= 4 is 5.95 Å². The van der Waals surface area contributed by atoms with Gasteiger partial charge in [-0.25, -0.2) is 9.97 Å². The fourth-order valence-electron chi connectivity index (χ4n) is 1.93. The summed E-state index contributed by atoms with van der Waals surface area (Å²) in [5.41, 5.74) is 7.40. The molecule has 0 saturated carbocycles. The Balaban J connectivity index is 2.16. The summed E-state index contributed by atoms with van der Waals surface area (Å²) in [7, 11) is 0. The molecule has 0 radical (unpaired) electrons. The highest BCUT2D eigenvalue weighted by atomic mass is 16.3. The number of nitrogens with two attached hydrogens (primary N) is 1. The van der Waals surface area contributed by atoms with Crippen LogP contribution in [0.4, 0.5) is 5.95 Å². The number of aryl methyl sites for hydroxylation is 1. The van der Waals surface area contributed by atoms with Crippen LogP contribution in [0, 0.1) is 6.92 Å². The summed E-state index contributed by atoms with van der Waals surface area (Å²) >= 11 is 0. The summed E-state index contributed by atoms with van der Waals surface area (Å²) in [6, 6.07) is 1.91. The molecular formula is C11H18N4O. The van der Waals surface area contributed by atoms with Crippen LogP contribution >= 0.6 is 0 Å². The summed E-state index contributed by atoms with van der Waals surface area (Å²) < 4.78 is 0. The summed E-state index contributed by atoms with van der Waals surface area (Å²) in [4.78, 5) is 10.9. The molecule has 1 aliphatic rings. The molecule has 5 heteroatoms. The summed E-state index contributed by atoms with van der Waals surface area (Å²) in [6.07, 6.45) is 1.40. The minimum absolute atomic E-state index is 0.171. The summed E-state index contributed by atoms with van der Waals surface area (Å²) in [6.45, 7) is 4.01. The molecule has 0 bridgehead atoms. The highest BCUT2D eigenvalue weighted by Crippen LogP contribution is 2.16. The first-order chi connectivity index (χ1) is 7.69. The van der Waals surface area contributed by atoms with Gasteiger partial charge in [0.05, 0.1) is 11.8 Å². The quantitative estimate of drug-likeness (QED) is 0.748. The predicted octanol–water partition coefficient (Wildman–Crippen LogP) is 0.205. The molecule has 0 unspecified atom stereocenters. The SMILES string of the molecule is Cc1cc(CN)nc(N2CCC(O)CC2)n1. The van der Waals surface area contributed by atoms with E-state index in [0.717, 1.165) is 43.3 Å². The van der Waals surface area contributed by atoms with Gasteiger partial charge in [-0.1, -0.05) is 0 Å². The molecular weight excluding hydrogens is 204 g/mol. The van der Waals surface area contributed by atoms with Gasteiger partial charge in [-0.15, -0.1) is 0 Å². The number of nitrogens with zero attached hydrogens (tertiary/aromatic N) is 3. The van der Waals surface area contributed by atoms with Crippen LogP contribution < -0.4 is 10.6 Å². The number of anilines is 1. The van der Waals surface area contributed by atoms with Crippen LogP contribution in [-0.2, 0) is 6.54 Å². The lowest BCUT2D eigenvalue weighted by Crippen LogP contribution is -2.37. The van der Waals surface area contributed by atoms with E-state index in [1.807, 2.05) is 13.0 Å². The van der Waals surface area contributed by atoms with Gasteiger partial charge in [0, 0.05) is 25.3 Å². The fraction of sp³-hybridized carbons (Fsp3) is 0.636. The maximum atomic E-state index is 9.44. The van der Waals surface area contributed by atoms with Crippen molar-refractivity contribution in [1.82, 2.24) is 9.97 Å². The van der Waals surface area contributed by atoms with Gasteiger partial charge in [0.1, 0.15) is 0 Å². The Morgan fingerprint density at radius 1 is 1.44 bits per heavy atom. The number of aromatic nitrogens is 2. The molecule has 1 fully saturated rings. The largest absolute Gasteiger partial charge is 0.393 e. The molecule has 2 rings (SSSR count). The summed E-state index contributed by atoms with van der Waals surface area (Å²) in [5, 5.41) is 9.44. The van der Waals surface area contributed by atoms with Gasteiger partial charge >= 0.3 is 0 Å². The standard InChI is InChI=1S/C11H18N4O/c1-8-6-9(7-12)14-11(13-8)15-4-2-10(16)3-5-15/h6,10,16H,2-5,7,12H2,1H3. The van der Waals surface area contributed by atoms with Gasteiger partial charge in [-0.3, -0.25) is 0 Å². The molecule has 5 nitrogen and oxygen atoms in total. The minimum Gasteiger partial charge on any atom is -0.393 e. The maximum absolute atomic E-state index is 9.44. The molecule has 0 aromatic carbocycles. The molecule has 0 amide bonds. The molecule has 1 saturated heterocycles. The molecule has 0 aliphatic carbocycles. The van der Waals surface area contributed by atoms with Crippen LogP contribution in [0.1, 0.15) is 24.2 Å². The van der Waals surface area contributed by atoms with Crippen molar-refractivity contribution in [1.29, 1.82) is 0 Å². The Hall–Kier alpha value is -1.20. The number of aliphatic hydroxyl groups is 1. The normalized spacial score (nSPS) is 17.8. The van der Waals surface area contributed by atoms with Crippen molar-refractivity contribution in [3.05, 3.63) is 17.5 Å². The zero-order valence-corrected chi connectivity index (χ0v) is 9.56. The third-order valence-corrected chi connectivity index (χ3v) is 2.85. The monoisotopic (exact) mass is 222 g/mol. The minimum atomic E-state index is -0.171. The van der Waals surface area contributed by atoms with Crippen molar-refractivity contribution in [2.24, 2.45) is 5.73 Å². The average molecular weight is 222 g/mol. The first-order valence-electron chi connectivity index (χ1n) is 5.66. The van der Waals surface area contributed by atoms with E-state index < -0.39 is 0 Å². The Kier molecular flexibility index (Phi) is 3.36. The van der Waals surface area contributed by atoms with Crippen LogP contribution in [0.15, 0.2) is 6.07 Å². The van der Waals surface area contributed by atoms with E-state index in [1.54, 1.807) is 0 Å². The Morgan fingerprint density at radius 3 is 2.75 bits per heavy atom. The zero-order valence-electron chi connectivity index (χ0n) is 9.56. The van der Waals surface area contributed by atoms with Gasteiger partial charge in [-0.05, 0) is 25.8 Å². The van der Waals surface area contributed by atoms with Crippen molar-refractivity contribution in [2.75, 3.05) is 18.0 Å². The van der Waals surface area contributed by atoms with Crippen LogP contribution in [0.5, 0.6) is 0 Å². The third kappa shape index (κ3) is 2.48. The molecule has 88 valence electrons. The molecule has 2 heterocycles. The fourth-order valence-corrected chi connectivity index (χ4v) is 1.93. The predicted molar refractivity (Wildman–Crippen MR) is 62.1 cm³/mol. The van der Waals surface area contributed by atoms with Gasteiger partial charge in [0.2, 0.25) is 5.95 Å². The third-order valence-electron chi connectivity index (χ3n) is 2.85. The number of hydrogen-bond donors (Lipinski definition) is 2. The molecule has 3 N–H and O–H groups in total. The molecule has 1 aromatic heterocycles. The van der Waals surface area contributed by atoms with E-state index in [4.69, 9.17) is 5.73 Å². The maximum Gasteiger partial charge on any atom is 0.225 e. The first-order valence-corrected chi connectivity index (χ1v) is 5.66. The first kappa shape index (κ1) is 11.3. The van der Waals surface area contributed by atoms with Crippen molar-refractivity contribution in [3.63, 3.8) is 0 Å². The Bertz CT molecular complexity index is 361. The van der Waals surface area contributed by atoms with E-state index in [1.165, 1.54) is 0 Å². The zero-order chi connectivity index (χ0) is 11.5. The van der Waals surface area contributed by atoms with Gasteiger partial charge in [-0.2, -0.15) is 0 Å². The molecule has 0 spiro atoms. The van der Waals surface area contributed by atoms with Crippen LogP contribution in [-0.4, -0.2) is 34.3 Å². The second-order valence-electron chi connectivity index (χ2n) is 4.22. The highest BCUT2D eigenvalue weighted by molar-refractivity contribution is 5.33. The van der Waals surface area contributed by atoms with Crippen LogP contribution in [0.25, 0.3) is 0 Å². The summed E-state index contributed by atoms with van der Waals surface area (Å²) in [5.74, 6) is 0.743. The topological polar surface area (TPSA) is 75.3 Å². The van der Waals surface area contributed by atoms with E-state index in [-0.39, 0.29) is 6.10 Å². The second-order valence-corrected chi connectivity index (χ2v) is 4.22. The van der Waals surface area contributed by atoms with E-state index in [0.29, 0.717) is 6.54 Å². The van der Waals surface area contributed by atoms with Crippen LogP contribution in [0.2, 0.25) is 0 Å². The van der Waals surface area contributed by atoms with E-state index in [2.05, 4.69) is 14.9 Å². The van der Waals surface area contributed by atoms with E-state index in [9.17, 15) is 5.11 Å². The smallest absolute Gasteiger partial charge is 0.225 e. The van der Waals surface area contributed by atoms with Crippen molar-refractivity contribution in [2.45, 2.75) is 32.4 Å². The van der Waals surface area contributed by atoms with Gasteiger partial charge in [0.15, 0.2) is 0 Å². The second kappa shape index (κ2) is 4.76. The van der Waals surface area contributed by atoms with Crippen molar-refractivity contribution in [3.8, 4) is 0 Å². The lowest BCUT2D eigenvalue weighted by Gasteiger charge is -2.29.